The fraction of sp³-hybridized carbons (Fsp3) is 0.0741. The lowest BCUT2D eigenvalue weighted by Gasteiger charge is -2.14. The minimum Gasteiger partial charge on any atom is -0.493 e. The smallest absolute Gasteiger partial charge is 0.256 e. The lowest BCUT2D eigenvalue weighted by Crippen LogP contribution is -2.13. The Morgan fingerprint density at radius 2 is 1.54 bits per heavy atom. The molecular formula is C27H23N5O3. The van der Waals surface area contributed by atoms with E-state index in [1.807, 2.05) is 48.5 Å². The Kier molecular flexibility index (Phi) is 5.76. The van der Waals surface area contributed by atoms with Gasteiger partial charge < -0.3 is 25.8 Å². The largest absolute Gasteiger partial charge is 0.493 e. The third-order valence-corrected chi connectivity index (χ3v) is 5.76. The number of nitrogens with zero attached hydrogens (tertiary/aromatic N) is 2. The molecule has 2 heterocycles. The van der Waals surface area contributed by atoms with Gasteiger partial charge in [-0.15, -0.1) is 0 Å². The van der Waals surface area contributed by atoms with E-state index in [9.17, 15) is 4.79 Å². The van der Waals surface area contributed by atoms with Gasteiger partial charge in [0, 0.05) is 45.5 Å². The first kappa shape index (κ1) is 22.0. The van der Waals surface area contributed by atoms with Crippen molar-refractivity contribution in [2.24, 2.45) is 0 Å². The van der Waals surface area contributed by atoms with Crippen LogP contribution < -0.4 is 25.8 Å². The Morgan fingerprint density at radius 1 is 0.800 bits per heavy atom. The number of methoxy groups -OCH3 is 2. The Morgan fingerprint density at radius 3 is 2.37 bits per heavy atom. The van der Waals surface area contributed by atoms with E-state index < -0.39 is 0 Å². The Labute approximate surface area is 201 Å². The molecule has 8 nitrogen and oxygen atoms in total. The molecule has 0 spiro atoms. The van der Waals surface area contributed by atoms with Crippen LogP contribution in [0.15, 0.2) is 79.1 Å². The molecule has 2 aromatic heterocycles. The molecule has 0 aliphatic rings. The van der Waals surface area contributed by atoms with Crippen molar-refractivity contribution >= 4 is 50.5 Å². The lowest BCUT2D eigenvalue weighted by atomic mass is 10.1. The maximum absolute atomic E-state index is 13.0. The average molecular weight is 466 g/mol. The molecule has 0 bridgehead atoms. The predicted molar refractivity (Wildman–Crippen MR) is 139 cm³/mol. The van der Waals surface area contributed by atoms with Crippen molar-refractivity contribution in [1.29, 1.82) is 0 Å². The highest BCUT2D eigenvalue weighted by Crippen LogP contribution is 2.33. The van der Waals surface area contributed by atoms with Crippen molar-refractivity contribution in [3.05, 3.63) is 84.7 Å². The maximum atomic E-state index is 13.0. The first-order valence-electron chi connectivity index (χ1n) is 10.9. The van der Waals surface area contributed by atoms with Crippen LogP contribution in [0.3, 0.4) is 0 Å². The van der Waals surface area contributed by atoms with Gasteiger partial charge in [-0.25, -0.2) is 4.98 Å². The second kappa shape index (κ2) is 9.18. The Balaban J connectivity index is 1.49. The molecule has 0 saturated heterocycles. The molecule has 0 saturated carbocycles. The van der Waals surface area contributed by atoms with Crippen LogP contribution in [0.2, 0.25) is 0 Å². The Bertz CT molecular complexity index is 1570. The SMILES string of the molecule is COc1ccc(C(=O)Nc2nccc3c(Nc4ccnc5c(N)cccc45)cccc23)cc1OC. The van der Waals surface area contributed by atoms with Crippen LogP contribution in [0, 0.1) is 0 Å². The van der Waals surface area contributed by atoms with Crippen molar-refractivity contribution in [1.82, 2.24) is 9.97 Å². The van der Waals surface area contributed by atoms with Gasteiger partial charge in [0.05, 0.1) is 25.4 Å². The molecule has 35 heavy (non-hydrogen) atoms. The van der Waals surface area contributed by atoms with E-state index >= 15 is 0 Å². The number of nitrogen functional groups attached to an aromatic ring is 1. The van der Waals surface area contributed by atoms with Gasteiger partial charge in [0.1, 0.15) is 5.82 Å². The number of carbonyl (C=O) groups is 1. The number of hydrogen-bond acceptors (Lipinski definition) is 7. The fourth-order valence-corrected chi connectivity index (χ4v) is 4.03. The first-order chi connectivity index (χ1) is 17.1. The number of carbonyl (C=O) groups excluding carboxylic acids is 1. The summed E-state index contributed by atoms with van der Waals surface area (Å²) in [5, 5.41) is 9.02. The summed E-state index contributed by atoms with van der Waals surface area (Å²) in [6, 6.07) is 20.3. The molecule has 3 aromatic carbocycles. The number of para-hydroxylation sites is 1. The quantitative estimate of drug-likeness (QED) is 0.289. The summed E-state index contributed by atoms with van der Waals surface area (Å²) in [4.78, 5) is 21.8. The van der Waals surface area contributed by atoms with Crippen molar-refractivity contribution in [2.45, 2.75) is 0 Å². The molecule has 5 rings (SSSR count). The number of hydrogen-bond donors (Lipinski definition) is 3. The molecule has 0 fully saturated rings. The van der Waals surface area contributed by atoms with Gasteiger partial charge in [0.25, 0.3) is 5.91 Å². The second-order valence-corrected chi connectivity index (χ2v) is 7.81. The molecule has 0 atom stereocenters. The number of amides is 1. The van der Waals surface area contributed by atoms with Crippen molar-refractivity contribution < 1.29 is 14.3 Å². The van der Waals surface area contributed by atoms with Crippen LogP contribution in [0.25, 0.3) is 21.7 Å². The fourth-order valence-electron chi connectivity index (χ4n) is 4.03. The minimum absolute atomic E-state index is 0.306. The number of rotatable bonds is 6. The molecular weight excluding hydrogens is 442 g/mol. The predicted octanol–water partition coefficient (Wildman–Crippen LogP) is 5.38. The number of aromatic nitrogens is 2. The highest BCUT2D eigenvalue weighted by atomic mass is 16.5. The molecule has 5 aromatic rings. The zero-order valence-corrected chi connectivity index (χ0v) is 19.2. The second-order valence-electron chi connectivity index (χ2n) is 7.81. The summed E-state index contributed by atoms with van der Waals surface area (Å²) in [6.45, 7) is 0. The summed E-state index contributed by atoms with van der Waals surface area (Å²) < 4.78 is 10.6. The molecule has 8 heteroatoms. The van der Waals surface area contributed by atoms with Gasteiger partial charge in [-0.3, -0.25) is 9.78 Å². The molecule has 174 valence electrons. The maximum Gasteiger partial charge on any atom is 0.256 e. The molecule has 0 radical (unpaired) electrons. The van der Waals surface area contributed by atoms with Gasteiger partial charge in [-0.2, -0.15) is 0 Å². The van der Waals surface area contributed by atoms with Crippen molar-refractivity contribution in [3.63, 3.8) is 0 Å². The van der Waals surface area contributed by atoms with Crippen LogP contribution in [0.1, 0.15) is 10.4 Å². The zero-order chi connectivity index (χ0) is 24.4. The zero-order valence-electron chi connectivity index (χ0n) is 19.2. The van der Waals surface area contributed by atoms with Crippen LogP contribution >= 0.6 is 0 Å². The molecule has 4 N–H and O–H groups in total. The lowest BCUT2D eigenvalue weighted by molar-refractivity contribution is 0.102. The van der Waals surface area contributed by atoms with Gasteiger partial charge >= 0.3 is 0 Å². The third-order valence-electron chi connectivity index (χ3n) is 5.76. The van der Waals surface area contributed by atoms with Gasteiger partial charge in [0.15, 0.2) is 11.5 Å². The monoisotopic (exact) mass is 465 g/mol. The van der Waals surface area contributed by atoms with Gasteiger partial charge in [-0.05, 0) is 42.5 Å². The summed E-state index contributed by atoms with van der Waals surface area (Å²) in [5.74, 6) is 1.17. The molecule has 1 amide bonds. The minimum atomic E-state index is -0.306. The number of benzene rings is 3. The van der Waals surface area contributed by atoms with E-state index in [0.717, 1.165) is 33.1 Å². The van der Waals surface area contributed by atoms with Gasteiger partial charge in [-0.1, -0.05) is 24.3 Å². The summed E-state index contributed by atoms with van der Waals surface area (Å²) >= 11 is 0. The average Bonchev–Trinajstić information content (AvgIpc) is 2.89. The highest BCUT2D eigenvalue weighted by Gasteiger charge is 2.14. The number of fused-ring (bicyclic) bond motifs is 2. The van der Waals surface area contributed by atoms with Crippen LogP contribution in [0.4, 0.5) is 22.9 Å². The van der Waals surface area contributed by atoms with E-state index in [2.05, 4.69) is 20.6 Å². The van der Waals surface area contributed by atoms with E-state index in [1.54, 1.807) is 37.7 Å². The van der Waals surface area contributed by atoms with E-state index in [0.29, 0.717) is 28.6 Å². The summed E-state index contributed by atoms with van der Waals surface area (Å²) in [5.41, 5.74) is 9.63. The van der Waals surface area contributed by atoms with E-state index in [1.165, 1.54) is 7.11 Å². The van der Waals surface area contributed by atoms with Crippen molar-refractivity contribution in [2.75, 3.05) is 30.6 Å². The molecule has 0 aliphatic carbocycles. The topological polar surface area (TPSA) is 111 Å². The van der Waals surface area contributed by atoms with E-state index in [-0.39, 0.29) is 5.91 Å². The summed E-state index contributed by atoms with van der Waals surface area (Å²) in [6.07, 6.45) is 3.39. The molecule has 0 aliphatic heterocycles. The number of ether oxygens (including phenoxy) is 2. The van der Waals surface area contributed by atoms with Crippen molar-refractivity contribution in [3.8, 4) is 11.5 Å². The highest BCUT2D eigenvalue weighted by molar-refractivity contribution is 6.10. The normalized spacial score (nSPS) is 10.8. The third kappa shape index (κ3) is 4.13. The number of pyridine rings is 2. The van der Waals surface area contributed by atoms with Crippen LogP contribution in [0.5, 0.6) is 11.5 Å². The molecule has 0 unspecified atom stereocenters. The standard InChI is InChI=1S/C27H23N5O3/c1-34-23-10-9-16(15-24(23)35-2)27(33)32-26-18-5-4-8-21(17(18)11-13-30-26)31-22-12-14-29-25-19(22)6-3-7-20(25)28/h3-15H,28H2,1-2H3,(H,29,31)(H,30,32,33). The van der Waals surface area contributed by atoms with Gasteiger partial charge in [0.2, 0.25) is 0 Å². The number of nitrogens with two attached hydrogens (primary N) is 1. The Hall–Kier alpha value is -4.85. The number of nitrogens with one attached hydrogen (secondary N) is 2. The summed E-state index contributed by atoms with van der Waals surface area (Å²) in [7, 11) is 3.08. The van der Waals surface area contributed by atoms with Crippen LogP contribution in [-0.2, 0) is 0 Å². The number of anilines is 4. The van der Waals surface area contributed by atoms with Crippen LogP contribution in [-0.4, -0.2) is 30.1 Å². The first-order valence-corrected chi connectivity index (χ1v) is 10.9. The van der Waals surface area contributed by atoms with E-state index in [4.69, 9.17) is 15.2 Å².